The van der Waals surface area contributed by atoms with Crippen LogP contribution in [0.5, 0.6) is 0 Å². The lowest BCUT2D eigenvalue weighted by Crippen LogP contribution is -2.45. The van der Waals surface area contributed by atoms with Crippen LogP contribution in [-0.4, -0.2) is 87.0 Å². The molecule has 53 heavy (non-hydrogen) atoms. The van der Waals surface area contributed by atoms with Crippen molar-refractivity contribution < 1.29 is 28.7 Å². The van der Waals surface area contributed by atoms with E-state index in [0.717, 1.165) is 90.2 Å². The fourth-order valence-corrected chi connectivity index (χ4v) is 8.17. The summed E-state index contributed by atoms with van der Waals surface area (Å²) in [6.45, 7) is 3.08. The van der Waals surface area contributed by atoms with Crippen molar-refractivity contribution in [2.45, 2.75) is 76.4 Å². The highest BCUT2D eigenvalue weighted by Gasteiger charge is 2.41. The van der Waals surface area contributed by atoms with E-state index in [2.05, 4.69) is 68.8 Å². The van der Waals surface area contributed by atoms with Crippen LogP contribution in [0.15, 0.2) is 60.9 Å². The Labute approximate surface area is 308 Å². The Morgan fingerprint density at radius 2 is 1.26 bits per heavy atom. The number of likely N-dealkylation sites (tertiary alicyclic amines) is 2. The molecule has 2 aromatic carbocycles. The number of hydrogen-bond acceptors (Lipinski definition) is 8. The minimum absolute atomic E-state index is 0.0588. The van der Waals surface area contributed by atoms with Crippen molar-refractivity contribution in [3.8, 4) is 33.6 Å². The summed E-state index contributed by atoms with van der Waals surface area (Å²) >= 11 is 0. The topological polar surface area (TPSA) is 163 Å². The second-order valence-electron chi connectivity index (χ2n) is 14.4. The first kappa shape index (κ1) is 35.9. The number of aromatic amines is 2. The van der Waals surface area contributed by atoms with Crippen LogP contribution in [-0.2, 0) is 23.9 Å². The number of esters is 1. The molecule has 1 saturated carbocycles. The van der Waals surface area contributed by atoms with Crippen LogP contribution in [0.2, 0.25) is 0 Å². The van der Waals surface area contributed by atoms with Crippen molar-refractivity contribution in [1.82, 2.24) is 35.1 Å². The molecule has 0 spiro atoms. The summed E-state index contributed by atoms with van der Waals surface area (Å²) < 4.78 is 9.54. The third-order valence-corrected chi connectivity index (χ3v) is 11.1. The van der Waals surface area contributed by atoms with Gasteiger partial charge >= 0.3 is 12.1 Å². The van der Waals surface area contributed by atoms with Gasteiger partial charge < -0.3 is 34.6 Å². The summed E-state index contributed by atoms with van der Waals surface area (Å²) in [6.07, 6.45) is 9.06. The Bertz CT molecular complexity index is 1940. The molecular weight excluding hydrogens is 674 g/mol. The summed E-state index contributed by atoms with van der Waals surface area (Å²) in [5.74, 6) is 0.453. The molecule has 3 fully saturated rings. The number of ether oxygens (including phenoxy) is 2. The van der Waals surface area contributed by atoms with Gasteiger partial charge in [0.2, 0.25) is 11.8 Å². The number of hydrogen-bond donors (Lipinski definition) is 3. The quantitative estimate of drug-likeness (QED) is 0.164. The maximum Gasteiger partial charge on any atom is 0.407 e. The predicted octanol–water partition coefficient (Wildman–Crippen LogP) is 6.18. The molecule has 2 aromatic heterocycles. The molecule has 3 aliphatic rings. The highest BCUT2D eigenvalue weighted by atomic mass is 16.5. The number of nitrogens with zero attached hydrogens (tertiary/aromatic N) is 4. The zero-order chi connectivity index (χ0) is 37.1. The van der Waals surface area contributed by atoms with Gasteiger partial charge in [-0.3, -0.25) is 14.4 Å². The molecule has 4 heterocycles. The zero-order valence-corrected chi connectivity index (χ0v) is 30.5. The molecule has 2 aliphatic heterocycles. The summed E-state index contributed by atoms with van der Waals surface area (Å²) in [7, 11) is 2.67. The van der Waals surface area contributed by atoms with Crippen molar-refractivity contribution in [3.63, 3.8) is 0 Å². The first-order valence-electron chi connectivity index (χ1n) is 18.6. The molecule has 2 saturated heterocycles. The molecule has 5 atom stereocenters. The maximum absolute atomic E-state index is 13.7. The second kappa shape index (κ2) is 15.6. The summed E-state index contributed by atoms with van der Waals surface area (Å²) in [5.41, 5.74) is 5.91. The number of H-pyrrole nitrogens is 2. The van der Waals surface area contributed by atoms with Crippen LogP contribution in [0, 0.1) is 11.8 Å². The number of benzene rings is 2. The number of imidazole rings is 2. The summed E-state index contributed by atoms with van der Waals surface area (Å²) in [5, 5.41) is 2.86. The normalized spacial score (nSPS) is 21.8. The minimum atomic E-state index is -0.497. The minimum Gasteiger partial charge on any atom is -0.469 e. The van der Waals surface area contributed by atoms with E-state index >= 15 is 0 Å². The molecule has 4 aromatic rings. The molecular formula is C40H47N7O6. The molecule has 13 nitrogen and oxygen atoms in total. The molecule has 13 heteroatoms. The lowest BCUT2D eigenvalue weighted by molar-refractivity contribution is -0.146. The van der Waals surface area contributed by atoms with Gasteiger partial charge in [-0.25, -0.2) is 14.8 Å². The van der Waals surface area contributed by atoms with Gasteiger partial charge in [0.05, 0.1) is 62.4 Å². The summed E-state index contributed by atoms with van der Waals surface area (Å²) in [6, 6.07) is 16.1. The third-order valence-electron chi connectivity index (χ3n) is 11.1. The number of aromatic nitrogens is 4. The van der Waals surface area contributed by atoms with E-state index < -0.39 is 12.0 Å². The van der Waals surface area contributed by atoms with E-state index in [1.54, 1.807) is 6.92 Å². The number of methoxy groups -OCH3 is 2. The SMILES string of the molecule is COC(=O)C[C@@H](C)C(=O)N1CCC[C@H]1c1ncc(-c2ccc(-c3ccc(-c4cnc([C@@H]5CCCN5C(=O)[C@@H]5CCC[C@H]5NC(=O)OC)[nH]4)cc3)cc2)[nH]1. The van der Waals surface area contributed by atoms with E-state index in [9.17, 15) is 19.2 Å². The van der Waals surface area contributed by atoms with Gasteiger partial charge in [0.1, 0.15) is 11.6 Å². The Morgan fingerprint density at radius 3 is 1.81 bits per heavy atom. The van der Waals surface area contributed by atoms with Gasteiger partial charge in [0, 0.05) is 25.0 Å². The maximum atomic E-state index is 13.7. The molecule has 278 valence electrons. The fourth-order valence-electron chi connectivity index (χ4n) is 8.17. The monoisotopic (exact) mass is 721 g/mol. The molecule has 3 amide bonds. The van der Waals surface area contributed by atoms with Gasteiger partial charge in [-0.2, -0.15) is 0 Å². The van der Waals surface area contributed by atoms with Gasteiger partial charge in [-0.1, -0.05) is 61.9 Å². The number of carbonyl (C=O) groups excluding carboxylic acids is 4. The Morgan fingerprint density at radius 1 is 0.736 bits per heavy atom. The molecule has 0 radical (unpaired) electrons. The predicted molar refractivity (Wildman–Crippen MR) is 197 cm³/mol. The Kier molecular flexibility index (Phi) is 10.6. The van der Waals surface area contributed by atoms with Crippen molar-refractivity contribution in [3.05, 3.63) is 72.6 Å². The number of rotatable bonds is 10. The van der Waals surface area contributed by atoms with Gasteiger partial charge in [-0.15, -0.1) is 0 Å². The van der Waals surface area contributed by atoms with E-state index in [0.29, 0.717) is 13.1 Å². The van der Waals surface area contributed by atoms with Crippen molar-refractivity contribution in [1.29, 1.82) is 0 Å². The third kappa shape index (κ3) is 7.56. The average molecular weight is 722 g/mol. The Hall–Kier alpha value is -5.46. The molecule has 3 N–H and O–H groups in total. The number of nitrogens with one attached hydrogen (secondary N) is 3. The van der Waals surface area contributed by atoms with E-state index in [1.165, 1.54) is 14.2 Å². The lowest BCUT2D eigenvalue weighted by atomic mass is 10.0. The van der Waals surface area contributed by atoms with Crippen molar-refractivity contribution in [2.75, 3.05) is 27.3 Å². The van der Waals surface area contributed by atoms with Crippen LogP contribution in [0.1, 0.15) is 82.0 Å². The van der Waals surface area contributed by atoms with Crippen LogP contribution in [0.25, 0.3) is 33.6 Å². The molecule has 0 unspecified atom stereocenters. The lowest BCUT2D eigenvalue weighted by Gasteiger charge is -2.29. The van der Waals surface area contributed by atoms with Gasteiger partial charge in [0.25, 0.3) is 0 Å². The van der Waals surface area contributed by atoms with Gasteiger partial charge in [0.15, 0.2) is 0 Å². The van der Waals surface area contributed by atoms with E-state index in [4.69, 9.17) is 14.5 Å². The highest BCUT2D eigenvalue weighted by Crippen LogP contribution is 2.37. The highest BCUT2D eigenvalue weighted by molar-refractivity contribution is 5.84. The number of amides is 3. The smallest absolute Gasteiger partial charge is 0.407 e. The van der Waals surface area contributed by atoms with Crippen molar-refractivity contribution >= 4 is 23.9 Å². The molecule has 1 aliphatic carbocycles. The van der Waals surface area contributed by atoms with Crippen LogP contribution >= 0.6 is 0 Å². The fraction of sp³-hybridized carbons (Fsp3) is 0.450. The van der Waals surface area contributed by atoms with E-state index in [-0.39, 0.29) is 48.2 Å². The van der Waals surface area contributed by atoms with Crippen LogP contribution in [0.3, 0.4) is 0 Å². The number of carbonyl (C=O) groups is 4. The second-order valence-corrected chi connectivity index (χ2v) is 14.4. The average Bonchev–Trinajstić information content (AvgIpc) is 4.04. The number of alkyl carbamates (subject to hydrolysis) is 1. The molecule has 7 rings (SSSR count). The Balaban J connectivity index is 0.984. The standard InChI is InChI=1S/C40H47N7O6/c1-24(21-35(48)52-2)38(49)46-19-5-9-33(46)36-41-22-31(43-36)27-15-11-25(12-16-27)26-13-17-28(18-14-26)32-23-42-37(44-32)34-10-6-20-47(34)39(50)29-7-4-8-30(29)45-40(51)53-3/h11-18,22-24,29-30,33-34H,4-10,19-21H2,1-3H3,(H,41,43)(H,42,44)(H,45,51)/t24-,29-,30-,33+,34+/m1/s1. The zero-order valence-electron chi connectivity index (χ0n) is 30.5. The van der Waals surface area contributed by atoms with E-state index in [1.807, 2.05) is 22.2 Å². The largest absolute Gasteiger partial charge is 0.469 e. The van der Waals surface area contributed by atoms with Crippen LogP contribution in [0.4, 0.5) is 4.79 Å². The first-order chi connectivity index (χ1) is 25.7. The molecule has 0 bridgehead atoms. The summed E-state index contributed by atoms with van der Waals surface area (Å²) in [4.78, 5) is 70.5. The van der Waals surface area contributed by atoms with Crippen molar-refractivity contribution in [2.24, 2.45) is 11.8 Å². The first-order valence-corrected chi connectivity index (χ1v) is 18.6. The van der Waals surface area contributed by atoms with Gasteiger partial charge in [-0.05, 0) is 60.8 Å². The van der Waals surface area contributed by atoms with Crippen LogP contribution < -0.4 is 5.32 Å².